The summed E-state index contributed by atoms with van der Waals surface area (Å²) in [6.45, 7) is 5.61. The molecule has 17 heavy (non-hydrogen) atoms. The Bertz CT molecular complexity index is 399. The van der Waals surface area contributed by atoms with E-state index in [1.807, 2.05) is 12.1 Å². The fourth-order valence-corrected chi connectivity index (χ4v) is 2.29. The minimum atomic E-state index is 0.377. The van der Waals surface area contributed by atoms with Crippen LogP contribution in [0, 0.1) is 5.41 Å². The smallest absolute Gasteiger partial charge is 0.0595 e. The first-order valence-electron chi connectivity index (χ1n) is 6.22. The predicted molar refractivity (Wildman–Crippen MR) is 74.8 cm³/mol. The minimum absolute atomic E-state index is 0.377. The first-order valence-corrected chi connectivity index (χ1v) is 6.98. The zero-order valence-electron chi connectivity index (χ0n) is 10.4. The van der Waals surface area contributed by atoms with Crippen molar-refractivity contribution in [3.63, 3.8) is 0 Å². The zero-order valence-corrected chi connectivity index (χ0v) is 11.9. The highest BCUT2D eigenvalue weighted by atomic mass is 35.5. The predicted octanol–water partition coefficient (Wildman–Crippen LogP) is 4.83. The van der Waals surface area contributed by atoms with E-state index < -0.39 is 0 Å². The topological polar surface area (TPSA) is 12.0 Å². The summed E-state index contributed by atoms with van der Waals surface area (Å²) in [5.41, 5.74) is 1.76. The second-order valence-corrected chi connectivity index (χ2v) is 6.14. The molecule has 1 fully saturated rings. The molecule has 1 aromatic carbocycles. The standard InChI is InChI=1S/C14H19Cl2N/c1-3-13(17-9-14(2)6-7-14)10-4-5-11(15)12(16)8-10/h4-5,8,13,17H,3,6-7,9H2,1-2H3. The largest absolute Gasteiger partial charge is 0.309 e. The Morgan fingerprint density at radius 1 is 1.29 bits per heavy atom. The molecule has 1 nitrogen and oxygen atoms in total. The second-order valence-electron chi connectivity index (χ2n) is 5.33. The third-order valence-electron chi connectivity index (χ3n) is 3.63. The summed E-state index contributed by atoms with van der Waals surface area (Å²) in [7, 11) is 0. The summed E-state index contributed by atoms with van der Waals surface area (Å²) in [4.78, 5) is 0. The Kier molecular flexibility index (Phi) is 4.02. The van der Waals surface area contributed by atoms with Crippen molar-refractivity contribution < 1.29 is 0 Å². The molecule has 0 spiro atoms. The van der Waals surface area contributed by atoms with Crippen LogP contribution in [0.3, 0.4) is 0 Å². The van der Waals surface area contributed by atoms with Gasteiger partial charge in [-0.15, -0.1) is 0 Å². The van der Waals surface area contributed by atoms with Crippen molar-refractivity contribution in [3.8, 4) is 0 Å². The van der Waals surface area contributed by atoms with E-state index in [1.165, 1.54) is 18.4 Å². The van der Waals surface area contributed by atoms with Crippen LogP contribution in [0.4, 0.5) is 0 Å². The second kappa shape index (κ2) is 5.17. The molecule has 1 atom stereocenters. The Morgan fingerprint density at radius 2 is 2.00 bits per heavy atom. The van der Waals surface area contributed by atoms with Crippen molar-refractivity contribution in [2.45, 2.75) is 39.2 Å². The van der Waals surface area contributed by atoms with Crippen LogP contribution >= 0.6 is 23.2 Å². The van der Waals surface area contributed by atoms with E-state index in [-0.39, 0.29) is 0 Å². The monoisotopic (exact) mass is 271 g/mol. The van der Waals surface area contributed by atoms with Gasteiger partial charge in [-0.1, -0.05) is 43.1 Å². The molecule has 1 N–H and O–H groups in total. The molecule has 94 valence electrons. The lowest BCUT2D eigenvalue weighted by Crippen LogP contribution is -2.26. The fourth-order valence-electron chi connectivity index (χ4n) is 1.99. The molecule has 0 heterocycles. The van der Waals surface area contributed by atoms with E-state index in [0.29, 0.717) is 21.5 Å². The molecule has 1 aliphatic rings. The molecule has 1 unspecified atom stereocenters. The van der Waals surface area contributed by atoms with E-state index in [2.05, 4.69) is 25.2 Å². The lowest BCUT2D eigenvalue weighted by molar-refractivity contribution is 0.433. The molecule has 3 heteroatoms. The molecule has 1 saturated carbocycles. The van der Waals surface area contributed by atoms with Gasteiger partial charge in [0.1, 0.15) is 0 Å². The fraction of sp³-hybridized carbons (Fsp3) is 0.571. The van der Waals surface area contributed by atoms with E-state index >= 15 is 0 Å². The Labute approximate surface area is 114 Å². The summed E-state index contributed by atoms with van der Waals surface area (Å²) in [6, 6.07) is 6.29. The number of nitrogens with one attached hydrogen (secondary N) is 1. The normalized spacial score (nSPS) is 19.1. The number of hydrogen-bond acceptors (Lipinski definition) is 1. The zero-order chi connectivity index (χ0) is 12.5. The highest BCUT2D eigenvalue weighted by Gasteiger charge is 2.37. The van der Waals surface area contributed by atoms with Crippen molar-refractivity contribution in [2.75, 3.05) is 6.54 Å². The molecule has 1 aliphatic carbocycles. The van der Waals surface area contributed by atoms with Gasteiger partial charge in [-0.3, -0.25) is 0 Å². The van der Waals surface area contributed by atoms with Crippen LogP contribution in [0.15, 0.2) is 18.2 Å². The first kappa shape index (κ1) is 13.2. The van der Waals surface area contributed by atoms with Gasteiger partial charge in [-0.25, -0.2) is 0 Å². The van der Waals surface area contributed by atoms with E-state index in [0.717, 1.165) is 13.0 Å². The van der Waals surface area contributed by atoms with Gasteiger partial charge in [0, 0.05) is 12.6 Å². The molecular weight excluding hydrogens is 253 g/mol. The van der Waals surface area contributed by atoms with Gasteiger partial charge in [0.05, 0.1) is 10.0 Å². The van der Waals surface area contributed by atoms with Crippen LogP contribution in [0.1, 0.15) is 44.7 Å². The number of halogens is 2. The van der Waals surface area contributed by atoms with Gasteiger partial charge in [0.15, 0.2) is 0 Å². The van der Waals surface area contributed by atoms with Crippen molar-refractivity contribution >= 4 is 23.2 Å². The van der Waals surface area contributed by atoms with E-state index in [1.54, 1.807) is 0 Å². The van der Waals surface area contributed by atoms with Crippen LogP contribution in [0.5, 0.6) is 0 Å². The van der Waals surface area contributed by atoms with Crippen molar-refractivity contribution in [2.24, 2.45) is 5.41 Å². The summed E-state index contributed by atoms with van der Waals surface area (Å²) in [6.07, 6.45) is 3.75. The maximum atomic E-state index is 6.06. The number of benzene rings is 1. The number of hydrogen-bond donors (Lipinski definition) is 1. The summed E-state index contributed by atoms with van der Waals surface area (Å²) in [5.74, 6) is 0. The van der Waals surface area contributed by atoms with Crippen LogP contribution in [-0.2, 0) is 0 Å². The quantitative estimate of drug-likeness (QED) is 0.809. The summed E-state index contributed by atoms with van der Waals surface area (Å²) in [5, 5.41) is 4.90. The van der Waals surface area contributed by atoms with Crippen LogP contribution in [0.2, 0.25) is 10.0 Å². The minimum Gasteiger partial charge on any atom is -0.309 e. The van der Waals surface area contributed by atoms with Crippen molar-refractivity contribution in [3.05, 3.63) is 33.8 Å². The molecule has 0 radical (unpaired) electrons. The average Bonchev–Trinajstić information content (AvgIpc) is 3.03. The van der Waals surface area contributed by atoms with Crippen molar-refractivity contribution in [1.29, 1.82) is 0 Å². The number of rotatable bonds is 5. The van der Waals surface area contributed by atoms with Crippen molar-refractivity contribution in [1.82, 2.24) is 5.32 Å². The maximum absolute atomic E-state index is 6.06. The molecule has 0 aliphatic heterocycles. The van der Waals surface area contributed by atoms with Gasteiger partial charge in [-0.05, 0) is 42.4 Å². The van der Waals surface area contributed by atoms with Crippen LogP contribution in [0.25, 0.3) is 0 Å². The highest BCUT2D eigenvalue weighted by Crippen LogP contribution is 2.44. The van der Waals surface area contributed by atoms with Crippen LogP contribution in [-0.4, -0.2) is 6.54 Å². The van der Waals surface area contributed by atoms with E-state index in [4.69, 9.17) is 23.2 Å². The molecule has 0 aromatic heterocycles. The SMILES string of the molecule is CCC(NCC1(C)CC1)c1ccc(Cl)c(Cl)c1. The Balaban J connectivity index is 2.03. The van der Waals surface area contributed by atoms with Gasteiger partial charge in [-0.2, -0.15) is 0 Å². The Morgan fingerprint density at radius 3 is 2.53 bits per heavy atom. The maximum Gasteiger partial charge on any atom is 0.0595 e. The van der Waals surface area contributed by atoms with Gasteiger partial charge in [0.2, 0.25) is 0 Å². The molecular formula is C14H19Cl2N. The molecule has 1 aromatic rings. The Hall–Kier alpha value is -0.240. The first-order chi connectivity index (χ1) is 8.04. The third kappa shape index (κ3) is 3.37. The third-order valence-corrected chi connectivity index (χ3v) is 4.37. The lowest BCUT2D eigenvalue weighted by Gasteiger charge is -2.20. The summed E-state index contributed by atoms with van der Waals surface area (Å²) < 4.78 is 0. The van der Waals surface area contributed by atoms with Gasteiger partial charge >= 0.3 is 0 Å². The van der Waals surface area contributed by atoms with Gasteiger partial charge < -0.3 is 5.32 Å². The molecule has 0 amide bonds. The van der Waals surface area contributed by atoms with Gasteiger partial charge in [0.25, 0.3) is 0 Å². The van der Waals surface area contributed by atoms with Crippen LogP contribution < -0.4 is 5.32 Å². The summed E-state index contributed by atoms with van der Waals surface area (Å²) >= 11 is 12.0. The molecule has 0 bridgehead atoms. The molecule has 2 rings (SSSR count). The van der Waals surface area contributed by atoms with E-state index in [9.17, 15) is 0 Å². The highest BCUT2D eigenvalue weighted by molar-refractivity contribution is 6.42. The average molecular weight is 272 g/mol. The molecule has 0 saturated heterocycles. The lowest BCUT2D eigenvalue weighted by atomic mass is 10.0.